The van der Waals surface area contributed by atoms with Crippen LogP contribution in [-0.2, 0) is 6.54 Å². The molecular formula is C17H20N6. The van der Waals surface area contributed by atoms with Crippen LogP contribution < -0.4 is 4.90 Å². The number of pyridine rings is 1. The van der Waals surface area contributed by atoms with Crippen LogP contribution in [0.1, 0.15) is 22.4 Å². The maximum Gasteiger partial charge on any atom is 0.169 e. The Morgan fingerprint density at radius 3 is 2.61 bits per heavy atom. The minimum absolute atomic E-state index is 0.651. The van der Waals surface area contributed by atoms with Gasteiger partial charge in [-0.25, -0.2) is 0 Å². The van der Waals surface area contributed by atoms with Crippen LogP contribution in [0.2, 0.25) is 0 Å². The predicted octanol–water partition coefficient (Wildman–Crippen LogP) is 1.68. The quantitative estimate of drug-likeness (QED) is 0.859. The highest BCUT2D eigenvalue weighted by atomic mass is 15.3. The van der Waals surface area contributed by atoms with Crippen molar-refractivity contribution in [2.45, 2.75) is 20.4 Å². The van der Waals surface area contributed by atoms with Gasteiger partial charge in [-0.1, -0.05) is 6.07 Å². The van der Waals surface area contributed by atoms with Gasteiger partial charge in [0.25, 0.3) is 0 Å². The zero-order valence-electron chi connectivity index (χ0n) is 13.5. The number of nitrogens with zero attached hydrogens (tertiary/aromatic N) is 6. The van der Waals surface area contributed by atoms with Crippen LogP contribution >= 0.6 is 0 Å². The van der Waals surface area contributed by atoms with Crippen molar-refractivity contribution in [1.82, 2.24) is 20.1 Å². The summed E-state index contributed by atoms with van der Waals surface area (Å²) in [6.45, 7) is 8.32. The second-order valence-electron chi connectivity index (χ2n) is 5.85. The second-order valence-corrected chi connectivity index (χ2v) is 5.85. The summed E-state index contributed by atoms with van der Waals surface area (Å²) in [5.41, 5.74) is 3.62. The van der Waals surface area contributed by atoms with Crippen LogP contribution in [0.25, 0.3) is 0 Å². The van der Waals surface area contributed by atoms with Crippen LogP contribution in [0.4, 0.5) is 5.82 Å². The molecule has 0 radical (unpaired) electrons. The molecule has 0 N–H and O–H groups in total. The Morgan fingerprint density at radius 2 is 1.96 bits per heavy atom. The van der Waals surface area contributed by atoms with E-state index in [0.717, 1.165) is 49.8 Å². The van der Waals surface area contributed by atoms with E-state index in [9.17, 15) is 5.26 Å². The molecule has 118 valence electrons. The minimum atomic E-state index is 0.651. The summed E-state index contributed by atoms with van der Waals surface area (Å²) in [4.78, 5) is 8.72. The maximum absolute atomic E-state index is 9.44. The van der Waals surface area contributed by atoms with Crippen molar-refractivity contribution in [1.29, 1.82) is 5.26 Å². The van der Waals surface area contributed by atoms with Crippen LogP contribution in [0, 0.1) is 25.2 Å². The van der Waals surface area contributed by atoms with Gasteiger partial charge in [-0.2, -0.15) is 10.4 Å². The lowest BCUT2D eigenvalue weighted by Gasteiger charge is -2.35. The van der Waals surface area contributed by atoms with Crippen molar-refractivity contribution >= 4 is 5.82 Å². The molecule has 1 fully saturated rings. The smallest absolute Gasteiger partial charge is 0.169 e. The number of nitriles is 1. The van der Waals surface area contributed by atoms with Gasteiger partial charge < -0.3 is 4.90 Å². The highest BCUT2D eigenvalue weighted by molar-refractivity contribution is 5.57. The lowest BCUT2D eigenvalue weighted by atomic mass is 10.1. The van der Waals surface area contributed by atoms with Crippen LogP contribution in [0.5, 0.6) is 0 Å². The summed E-state index contributed by atoms with van der Waals surface area (Å²) in [7, 11) is 0. The van der Waals surface area contributed by atoms with Gasteiger partial charge in [0.05, 0.1) is 5.69 Å². The molecule has 6 nitrogen and oxygen atoms in total. The third-order valence-corrected chi connectivity index (χ3v) is 4.35. The number of rotatable bonds is 3. The first-order valence-corrected chi connectivity index (χ1v) is 7.79. The van der Waals surface area contributed by atoms with E-state index in [1.807, 2.05) is 26.1 Å². The van der Waals surface area contributed by atoms with E-state index in [1.165, 1.54) is 5.56 Å². The van der Waals surface area contributed by atoms with Crippen LogP contribution in [0.15, 0.2) is 24.5 Å². The van der Waals surface area contributed by atoms with Gasteiger partial charge in [-0.15, -0.1) is 5.10 Å². The summed E-state index contributed by atoms with van der Waals surface area (Å²) in [5, 5.41) is 17.9. The lowest BCUT2D eigenvalue weighted by Crippen LogP contribution is -2.46. The van der Waals surface area contributed by atoms with Gasteiger partial charge in [0.1, 0.15) is 11.6 Å². The molecule has 2 aromatic heterocycles. The van der Waals surface area contributed by atoms with Crippen molar-refractivity contribution in [3.63, 3.8) is 0 Å². The monoisotopic (exact) mass is 308 g/mol. The summed E-state index contributed by atoms with van der Waals surface area (Å²) >= 11 is 0. The van der Waals surface area contributed by atoms with Gasteiger partial charge >= 0.3 is 0 Å². The molecule has 0 bridgehead atoms. The second kappa shape index (κ2) is 6.71. The molecule has 1 saturated heterocycles. The largest absolute Gasteiger partial charge is 0.351 e. The van der Waals surface area contributed by atoms with E-state index in [0.29, 0.717) is 5.56 Å². The predicted molar refractivity (Wildman–Crippen MR) is 87.9 cm³/mol. The number of hydrogen-bond donors (Lipinski definition) is 0. The lowest BCUT2D eigenvalue weighted by molar-refractivity contribution is 0.249. The van der Waals surface area contributed by atoms with Gasteiger partial charge in [-0.05, 0) is 31.0 Å². The average Bonchev–Trinajstić information content (AvgIpc) is 2.59. The fourth-order valence-electron chi connectivity index (χ4n) is 2.82. The van der Waals surface area contributed by atoms with Gasteiger partial charge in [0.2, 0.25) is 0 Å². The van der Waals surface area contributed by atoms with Crippen molar-refractivity contribution in [3.05, 3.63) is 46.9 Å². The molecule has 23 heavy (non-hydrogen) atoms. The van der Waals surface area contributed by atoms with Crippen molar-refractivity contribution in [3.8, 4) is 6.07 Å². The molecule has 1 aliphatic heterocycles. The minimum Gasteiger partial charge on any atom is -0.351 e. The number of anilines is 1. The van der Waals surface area contributed by atoms with E-state index in [1.54, 1.807) is 6.20 Å². The third-order valence-electron chi connectivity index (χ3n) is 4.35. The van der Waals surface area contributed by atoms with E-state index < -0.39 is 0 Å². The third kappa shape index (κ3) is 3.30. The Kier molecular flexibility index (Phi) is 4.49. The SMILES string of the molecule is Cc1nnc(N2CCN(Cc3cccnc3)CC2)c(C#N)c1C. The van der Waals surface area contributed by atoms with E-state index in [-0.39, 0.29) is 0 Å². The first-order valence-electron chi connectivity index (χ1n) is 7.79. The highest BCUT2D eigenvalue weighted by Gasteiger charge is 2.22. The summed E-state index contributed by atoms with van der Waals surface area (Å²) in [6, 6.07) is 6.35. The highest BCUT2D eigenvalue weighted by Crippen LogP contribution is 2.22. The van der Waals surface area contributed by atoms with Crippen LogP contribution in [-0.4, -0.2) is 46.3 Å². The molecule has 3 heterocycles. The fourth-order valence-corrected chi connectivity index (χ4v) is 2.82. The van der Waals surface area contributed by atoms with E-state index in [2.05, 4.69) is 37.1 Å². The Balaban J connectivity index is 1.68. The van der Waals surface area contributed by atoms with Gasteiger partial charge in [0.15, 0.2) is 5.82 Å². The molecule has 0 atom stereocenters. The van der Waals surface area contributed by atoms with Gasteiger partial charge in [0, 0.05) is 45.1 Å². The molecule has 2 aromatic rings. The molecule has 0 spiro atoms. The molecular weight excluding hydrogens is 288 g/mol. The van der Waals surface area contributed by atoms with E-state index >= 15 is 0 Å². The number of hydrogen-bond acceptors (Lipinski definition) is 6. The zero-order chi connectivity index (χ0) is 16.2. The molecule has 0 saturated carbocycles. The van der Waals surface area contributed by atoms with Crippen molar-refractivity contribution in [2.75, 3.05) is 31.1 Å². The first kappa shape index (κ1) is 15.4. The fraction of sp³-hybridized carbons (Fsp3) is 0.412. The topological polar surface area (TPSA) is 68.9 Å². The van der Waals surface area contributed by atoms with Gasteiger partial charge in [-0.3, -0.25) is 9.88 Å². The molecule has 6 heteroatoms. The normalized spacial score (nSPS) is 15.4. The molecule has 0 aromatic carbocycles. The summed E-state index contributed by atoms with van der Waals surface area (Å²) in [6.07, 6.45) is 3.71. The summed E-state index contributed by atoms with van der Waals surface area (Å²) in [5.74, 6) is 0.719. The molecule has 0 aliphatic carbocycles. The van der Waals surface area contributed by atoms with Crippen molar-refractivity contribution < 1.29 is 0 Å². The first-order chi connectivity index (χ1) is 11.2. The molecule has 0 unspecified atom stereocenters. The Morgan fingerprint density at radius 1 is 1.17 bits per heavy atom. The summed E-state index contributed by atoms with van der Waals surface area (Å²) < 4.78 is 0. The molecule has 0 amide bonds. The zero-order valence-corrected chi connectivity index (χ0v) is 13.5. The Bertz CT molecular complexity index is 714. The molecule has 1 aliphatic rings. The maximum atomic E-state index is 9.44. The van der Waals surface area contributed by atoms with Crippen LogP contribution in [0.3, 0.4) is 0 Å². The Labute approximate surface area is 136 Å². The van der Waals surface area contributed by atoms with E-state index in [4.69, 9.17) is 0 Å². The average molecular weight is 308 g/mol. The number of aryl methyl sites for hydroxylation is 1. The Hall–Kier alpha value is -2.52. The number of piperazine rings is 1. The standard InChI is InChI=1S/C17H20N6/c1-13-14(2)20-21-17(16(13)10-18)23-8-6-22(7-9-23)12-15-4-3-5-19-11-15/h3-5,11H,6-9,12H2,1-2H3. The van der Waals surface area contributed by atoms with Crippen molar-refractivity contribution in [2.24, 2.45) is 0 Å². The molecule has 3 rings (SSSR count). The number of aromatic nitrogens is 3.